The molecule has 1 aliphatic rings. The molecule has 1 heterocycles. The predicted molar refractivity (Wildman–Crippen MR) is 83.3 cm³/mol. The fourth-order valence-electron chi connectivity index (χ4n) is 2.67. The number of aromatic nitrogens is 2. The van der Waals surface area contributed by atoms with E-state index in [4.69, 9.17) is 11.2 Å². The maximum atomic E-state index is 12.5. The number of esters is 1. The first kappa shape index (κ1) is 14.4. The van der Waals surface area contributed by atoms with Gasteiger partial charge in [-0.3, -0.25) is 0 Å². The Labute approximate surface area is 130 Å². The van der Waals surface area contributed by atoms with Crippen molar-refractivity contribution in [3.63, 3.8) is 0 Å². The first-order valence-corrected chi connectivity index (χ1v) is 7.43. The van der Waals surface area contributed by atoms with E-state index in [0.717, 1.165) is 24.8 Å². The molecular weight excluding hydrogens is 276 g/mol. The Balaban J connectivity index is 1.83. The third-order valence-electron chi connectivity index (χ3n) is 4.29. The van der Waals surface area contributed by atoms with Crippen LogP contribution in [0.5, 0.6) is 0 Å². The summed E-state index contributed by atoms with van der Waals surface area (Å²) in [6, 6.07) is 9.95. The molecule has 0 saturated heterocycles. The van der Waals surface area contributed by atoms with Crippen LogP contribution in [0.3, 0.4) is 0 Å². The highest BCUT2D eigenvalue weighted by Crippen LogP contribution is 2.35. The molecule has 1 aromatic carbocycles. The van der Waals surface area contributed by atoms with Crippen LogP contribution in [0.4, 0.5) is 0 Å². The molecule has 22 heavy (non-hydrogen) atoms. The normalized spacial score (nSPS) is 17.1. The van der Waals surface area contributed by atoms with Crippen LogP contribution in [0.25, 0.3) is 0 Å². The van der Waals surface area contributed by atoms with Gasteiger partial charge in [0, 0.05) is 0 Å². The molecular formula is C18H18N2O2. The van der Waals surface area contributed by atoms with Crippen LogP contribution in [0.15, 0.2) is 42.9 Å². The molecule has 2 aromatic rings. The number of hydrogen-bond donors (Lipinski definition) is 0. The van der Waals surface area contributed by atoms with E-state index in [9.17, 15) is 4.79 Å². The summed E-state index contributed by atoms with van der Waals surface area (Å²) in [5, 5.41) is 0. The second-order valence-electron chi connectivity index (χ2n) is 5.65. The molecule has 0 N–H and O–H groups in total. The van der Waals surface area contributed by atoms with Gasteiger partial charge in [-0.1, -0.05) is 36.3 Å². The fraction of sp³-hybridized carbons (Fsp3) is 0.333. The topological polar surface area (TPSA) is 44.1 Å². The van der Waals surface area contributed by atoms with Crippen molar-refractivity contribution in [2.75, 3.05) is 0 Å². The SMILES string of the molecule is C#CC1(OC(=O)c2cncn2[C@H](C)c2ccccc2)CCC1. The van der Waals surface area contributed by atoms with Crippen LogP contribution in [0.1, 0.15) is 48.3 Å². The highest BCUT2D eigenvalue weighted by Gasteiger charge is 2.40. The van der Waals surface area contributed by atoms with Crippen molar-refractivity contribution in [2.45, 2.75) is 37.8 Å². The van der Waals surface area contributed by atoms with Crippen molar-refractivity contribution in [3.8, 4) is 12.3 Å². The number of hydrogen-bond acceptors (Lipinski definition) is 3. The summed E-state index contributed by atoms with van der Waals surface area (Å²) in [7, 11) is 0. The summed E-state index contributed by atoms with van der Waals surface area (Å²) >= 11 is 0. The number of ether oxygens (including phenoxy) is 1. The Kier molecular flexibility index (Phi) is 3.72. The number of imidazole rings is 1. The molecule has 1 atom stereocenters. The molecule has 0 bridgehead atoms. The molecule has 0 unspecified atom stereocenters. The smallest absolute Gasteiger partial charge is 0.358 e. The van der Waals surface area contributed by atoms with Gasteiger partial charge in [0.25, 0.3) is 0 Å². The summed E-state index contributed by atoms with van der Waals surface area (Å²) in [4.78, 5) is 16.6. The number of nitrogens with zero attached hydrogens (tertiary/aromatic N) is 2. The maximum Gasteiger partial charge on any atom is 0.358 e. The van der Waals surface area contributed by atoms with E-state index in [-0.39, 0.29) is 6.04 Å². The van der Waals surface area contributed by atoms with Gasteiger partial charge in [0.1, 0.15) is 5.69 Å². The van der Waals surface area contributed by atoms with Gasteiger partial charge in [0.15, 0.2) is 5.60 Å². The molecule has 1 aliphatic carbocycles. The molecule has 112 valence electrons. The lowest BCUT2D eigenvalue weighted by Gasteiger charge is -2.36. The fourth-order valence-corrected chi connectivity index (χ4v) is 2.67. The zero-order valence-electron chi connectivity index (χ0n) is 12.5. The summed E-state index contributed by atoms with van der Waals surface area (Å²) in [5.74, 6) is 2.21. The highest BCUT2D eigenvalue weighted by molar-refractivity contribution is 5.88. The number of carbonyl (C=O) groups excluding carboxylic acids is 1. The lowest BCUT2D eigenvalue weighted by Crippen LogP contribution is -2.40. The van der Waals surface area contributed by atoms with Crippen molar-refractivity contribution >= 4 is 5.97 Å². The van der Waals surface area contributed by atoms with Crippen molar-refractivity contribution in [1.82, 2.24) is 9.55 Å². The van der Waals surface area contributed by atoms with Crippen molar-refractivity contribution in [2.24, 2.45) is 0 Å². The van der Waals surface area contributed by atoms with E-state index in [1.165, 1.54) is 6.20 Å². The van der Waals surface area contributed by atoms with Crippen molar-refractivity contribution in [3.05, 3.63) is 54.1 Å². The van der Waals surface area contributed by atoms with E-state index < -0.39 is 11.6 Å². The van der Waals surface area contributed by atoms with Gasteiger partial charge < -0.3 is 9.30 Å². The lowest BCUT2D eigenvalue weighted by atomic mass is 9.81. The average molecular weight is 294 g/mol. The number of carbonyl (C=O) groups is 1. The van der Waals surface area contributed by atoms with Crippen molar-refractivity contribution < 1.29 is 9.53 Å². The molecule has 0 radical (unpaired) electrons. The minimum absolute atomic E-state index is 0.00516. The Morgan fingerprint density at radius 2 is 2.14 bits per heavy atom. The van der Waals surface area contributed by atoms with Crippen LogP contribution in [-0.2, 0) is 4.74 Å². The number of rotatable bonds is 4. The standard InChI is InChI=1S/C18H18N2O2/c1-3-18(10-7-11-18)22-17(21)16-12-19-13-20(16)14(2)15-8-5-4-6-9-15/h1,4-6,8-9,12-14H,7,10-11H2,2H3/t14-/m1/s1. The minimum Gasteiger partial charge on any atom is -0.441 e. The van der Waals surface area contributed by atoms with Crippen LogP contribution >= 0.6 is 0 Å². The third-order valence-corrected chi connectivity index (χ3v) is 4.29. The van der Waals surface area contributed by atoms with E-state index in [2.05, 4.69) is 10.9 Å². The second kappa shape index (κ2) is 5.69. The molecule has 1 fully saturated rings. The summed E-state index contributed by atoms with van der Waals surface area (Å²) in [6.45, 7) is 2.02. The number of terminal acetylenes is 1. The van der Waals surface area contributed by atoms with Gasteiger partial charge in [-0.15, -0.1) is 6.42 Å². The highest BCUT2D eigenvalue weighted by atomic mass is 16.6. The van der Waals surface area contributed by atoms with Gasteiger partial charge in [0.2, 0.25) is 0 Å². The van der Waals surface area contributed by atoms with Gasteiger partial charge in [-0.25, -0.2) is 9.78 Å². The first-order valence-electron chi connectivity index (χ1n) is 7.43. The van der Waals surface area contributed by atoms with E-state index >= 15 is 0 Å². The molecule has 3 rings (SSSR count). The molecule has 0 amide bonds. The van der Waals surface area contributed by atoms with Gasteiger partial charge >= 0.3 is 5.97 Å². The molecule has 1 aromatic heterocycles. The van der Waals surface area contributed by atoms with Gasteiger partial charge in [-0.2, -0.15) is 0 Å². The monoisotopic (exact) mass is 294 g/mol. The van der Waals surface area contributed by atoms with Crippen LogP contribution in [-0.4, -0.2) is 21.1 Å². The Morgan fingerprint density at radius 3 is 2.73 bits per heavy atom. The first-order chi connectivity index (χ1) is 10.7. The molecule has 0 spiro atoms. The van der Waals surface area contributed by atoms with Crippen LogP contribution in [0, 0.1) is 12.3 Å². The van der Waals surface area contributed by atoms with Gasteiger partial charge in [0.05, 0.1) is 18.6 Å². The third kappa shape index (κ3) is 2.50. The second-order valence-corrected chi connectivity index (χ2v) is 5.65. The molecule has 0 aliphatic heterocycles. The summed E-state index contributed by atoms with van der Waals surface area (Å²) in [6.07, 6.45) is 11.2. The summed E-state index contributed by atoms with van der Waals surface area (Å²) in [5.41, 5.74) is 0.810. The lowest BCUT2D eigenvalue weighted by molar-refractivity contribution is -0.0268. The molecule has 4 heteroatoms. The zero-order valence-corrected chi connectivity index (χ0v) is 12.5. The van der Waals surface area contributed by atoms with Crippen LogP contribution in [0.2, 0.25) is 0 Å². The molecule has 1 saturated carbocycles. The largest absolute Gasteiger partial charge is 0.441 e. The summed E-state index contributed by atoms with van der Waals surface area (Å²) < 4.78 is 7.38. The van der Waals surface area contributed by atoms with Gasteiger partial charge in [-0.05, 0) is 31.7 Å². The molecule has 4 nitrogen and oxygen atoms in total. The minimum atomic E-state index is -0.720. The van der Waals surface area contributed by atoms with E-state index in [1.807, 2.05) is 41.8 Å². The predicted octanol–water partition coefficient (Wildman–Crippen LogP) is 3.21. The number of benzene rings is 1. The Morgan fingerprint density at radius 1 is 1.41 bits per heavy atom. The van der Waals surface area contributed by atoms with E-state index in [0.29, 0.717) is 5.69 Å². The zero-order chi connectivity index (χ0) is 15.6. The Hall–Kier alpha value is -2.54. The average Bonchev–Trinajstić information content (AvgIpc) is 3.00. The van der Waals surface area contributed by atoms with Crippen molar-refractivity contribution in [1.29, 1.82) is 0 Å². The Bertz CT molecular complexity index is 708. The quantitative estimate of drug-likeness (QED) is 0.642. The van der Waals surface area contributed by atoms with Crippen LogP contribution < -0.4 is 0 Å². The maximum absolute atomic E-state index is 12.5. The van der Waals surface area contributed by atoms with E-state index in [1.54, 1.807) is 6.33 Å².